The minimum Gasteiger partial charge on any atom is -0.389 e. The summed E-state index contributed by atoms with van der Waals surface area (Å²) in [4.78, 5) is 37.5. The second-order valence-electron chi connectivity index (χ2n) is 5.66. The molecule has 14 nitrogen and oxygen atoms in total. The van der Waals surface area contributed by atoms with Gasteiger partial charge >= 0.3 is 0 Å². The number of rotatable bonds is 9. The summed E-state index contributed by atoms with van der Waals surface area (Å²) in [6.45, 7) is 14.5. The predicted molar refractivity (Wildman–Crippen MR) is 111 cm³/mol. The zero-order valence-corrected chi connectivity index (χ0v) is 18.7. The zero-order chi connectivity index (χ0) is 25.3. The number of carbonyl (C=O) groups is 1. The molecule has 0 aliphatic heterocycles. The van der Waals surface area contributed by atoms with Crippen molar-refractivity contribution in [2.24, 2.45) is 0 Å². The van der Waals surface area contributed by atoms with Gasteiger partial charge in [0.2, 0.25) is 12.6 Å². The van der Waals surface area contributed by atoms with Gasteiger partial charge in [-0.1, -0.05) is 20.8 Å². The summed E-state index contributed by atoms with van der Waals surface area (Å²) in [5.41, 5.74) is -1.58. The molecule has 30 heavy (non-hydrogen) atoms. The van der Waals surface area contributed by atoms with Gasteiger partial charge in [0.15, 0.2) is 0 Å². The van der Waals surface area contributed by atoms with Crippen LogP contribution in [0.25, 0.3) is 0 Å². The van der Waals surface area contributed by atoms with Crippen LogP contribution in [0.1, 0.15) is 41.5 Å². The summed E-state index contributed by atoms with van der Waals surface area (Å²) in [6, 6.07) is -0.819. The van der Waals surface area contributed by atoms with E-state index in [0.29, 0.717) is 0 Å². The van der Waals surface area contributed by atoms with Crippen molar-refractivity contribution < 1.29 is 34.9 Å². The van der Waals surface area contributed by atoms with Gasteiger partial charge in [-0.05, 0) is 19.6 Å². The van der Waals surface area contributed by atoms with E-state index in [9.17, 15) is 30.3 Å². The lowest BCUT2D eigenvalue weighted by Crippen LogP contribution is -2.42. The topological polar surface area (TPSA) is 210 Å². The maximum absolute atomic E-state index is 9.97. The van der Waals surface area contributed by atoms with Crippen LogP contribution >= 0.6 is 0 Å². The van der Waals surface area contributed by atoms with E-state index in [0.717, 1.165) is 0 Å². The first kappa shape index (κ1) is 38.3. The standard InChI is InChI=1S/C6H15N.C4H9NO4.C3H7NO3.C2H5NO2.CH2O/c1-4-7(5-2)6-3;1-4(2-6,3-7)5(8)9;1-3(2-5)4(6)7;1-2-3(4)5;1-2/h4-6H2,1-3H3;6-7H,2-3H2,1H3;3,5H,2H2,1H3;2H2,1H3;1H2. The lowest BCUT2D eigenvalue weighted by Gasteiger charge is -2.13. The van der Waals surface area contributed by atoms with Crippen LogP contribution in [0.2, 0.25) is 0 Å². The van der Waals surface area contributed by atoms with E-state index in [1.807, 2.05) is 6.79 Å². The molecule has 0 amide bonds. The van der Waals surface area contributed by atoms with Crippen molar-refractivity contribution in [1.29, 1.82) is 0 Å². The third-order valence-corrected chi connectivity index (χ3v) is 3.35. The van der Waals surface area contributed by atoms with E-state index >= 15 is 0 Å². The molecule has 0 heterocycles. The van der Waals surface area contributed by atoms with Gasteiger partial charge in [-0.3, -0.25) is 30.3 Å². The van der Waals surface area contributed by atoms with Gasteiger partial charge in [-0.25, -0.2) is 0 Å². The quantitative estimate of drug-likeness (QED) is 0.319. The van der Waals surface area contributed by atoms with Crippen molar-refractivity contribution in [1.82, 2.24) is 4.90 Å². The van der Waals surface area contributed by atoms with Gasteiger partial charge < -0.3 is 25.0 Å². The monoisotopic (exact) mass is 446 g/mol. The van der Waals surface area contributed by atoms with Crippen LogP contribution in [0.4, 0.5) is 0 Å². The summed E-state index contributed by atoms with van der Waals surface area (Å²) in [5, 5.41) is 53.5. The molecule has 1 atom stereocenters. The highest BCUT2D eigenvalue weighted by Gasteiger charge is 2.35. The number of hydrogen-bond donors (Lipinski definition) is 3. The summed E-state index contributed by atoms with van der Waals surface area (Å²) in [7, 11) is 0. The second kappa shape index (κ2) is 26.7. The van der Waals surface area contributed by atoms with Gasteiger partial charge in [-0.15, -0.1) is 0 Å². The van der Waals surface area contributed by atoms with Gasteiger partial charge in [0, 0.05) is 35.5 Å². The SMILES string of the molecule is C=O.CC(CO)(CO)[N+](=O)[O-].CC(CO)[N+](=O)[O-].CCN(CC)CC.CC[N+](=O)[O-]. The molecule has 1 unspecified atom stereocenters. The highest BCUT2D eigenvalue weighted by Crippen LogP contribution is 2.04. The van der Waals surface area contributed by atoms with Crippen molar-refractivity contribution in [2.75, 3.05) is 46.0 Å². The molecule has 14 heteroatoms. The Bertz CT molecular complexity index is 413. The molecule has 0 radical (unpaired) electrons. The average molecular weight is 446 g/mol. The Kier molecular flexibility index (Phi) is 34.1. The molecule has 0 spiro atoms. The second-order valence-corrected chi connectivity index (χ2v) is 5.66. The Morgan fingerprint density at radius 3 is 1.20 bits per heavy atom. The number of aliphatic hydroxyl groups excluding tert-OH is 3. The zero-order valence-electron chi connectivity index (χ0n) is 18.7. The molecule has 0 bridgehead atoms. The number of hydrogen-bond acceptors (Lipinski definition) is 11. The van der Waals surface area contributed by atoms with E-state index < -0.39 is 34.6 Å². The average Bonchev–Trinajstić information content (AvgIpc) is 2.76. The molecule has 3 N–H and O–H groups in total. The Labute approximate surface area is 176 Å². The van der Waals surface area contributed by atoms with Crippen molar-refractivity contribution in [3.63, 3.8) is 0 Å². The molecule has 0 aromatic heterocycles. The van der Waals surface area contributed by atoms with E-state index in [-0.39, 0.29) is 18.1 Å². The van der Waals surface area contributed by atoms with Crippen molar-refractivity contribution in [3.8, 4) is 0 Å². The molecule has 0 fully saturated rings. The van der Waals surface area contributed by atoms with Crippen LogP contribution in [0.3, 0.4) is 0 Å². The van der Waals surface area contributed by atoms with Crippen molar-refractivity contribution in [3.05, 3.63) is 30.3 Å². The highest BCUT2D eigenvalue weighted by atomic mass is 16.6. The minimum atomic E-state index is -1.58. The van der Waals surface area contributed by atoms with E-state index in [1.54, 1.807) is 0 Å². The fraction of sp³-hybridized carbons (Fsp3) is 0.938. The normalized spacial score (nSPS) is 10.3. The number of nitrogens with zero attached hydrogens (tertiary/aromatic N) is 4. The molecule has 0 rings (SSSR count). The number of carbonyl (C=O) groups excluding carboxylic acids is 1. The smallest absolute Gasteiger partial charge is 0.264 e. The van der Waals surface area contributed by atoms with E-state index in [2.05, 4.69) is 25.7 Å². The lowest BCUT2D eigenvalue weighted by atomic mass is 10.1. The minimum absolute atomic E-state index is 0.0278. The molecule has 182 valence electrons. The van der Waals surface area contributed by atoms with Crippen LogP contribution in [-0.4, -0.2) is 99.4 Å². The number of aliphatic hydroxyl groups is 3. The first-order chi connectivity index (χ1) is 13.9. The summed E-state index contributed by atoms with van der Waals surface area (Å²) in [6.07, 6.45) is 0. The Morgan fingerprint density at radius 1 is 0.900 bits per heavy atom. The first-order valence-corrected chi connectivity index (χ1v) is 9.10. The van der Waals surface area contributed by atoms with Gasteiger partial charge in [0.05, 0.1) is 0 Å². The van der Waals surface area contributed by atoms with E-state index in [1.165, 1.54) is 40.4 Å². The Balaban J connectivity index is -0.0000000915. The predicted octanol–water partition coefficient (Wildman–Crippen LogP) is 0.0965. The molecule has 0 saturated carbocycles. The van der Waals surface area contributed by atoms with Crippen LogP contribution < -0.4 is 0 Å². The summed E-state index contributed by atoms with van der Waals surface area (Å²) < 4.78 is 0. The maximum atomic E-state index is 9.97. The van der Waals surface area contributed by atoms with Crippen LogP contribution in [0.5, 0.6) is 0 Å². The fourth-order valence-corrected chi connectivity index (χ4v) is 0.903. The third-order valence-electron chi connectivity index (χ3n) is 3.35. The van der Waals surface area contributed by atoms with E-state index in [4.69, 9.17) is 20.1 Å². The molecule has 0 aliphatic rings. The van der Waals surface area contributed by atoms with Crippen molar-refractivity contribution >= 4 is 6.79 Å². The van der Waals surface area contributed by atoms with Gasteiger partial charge in [-0.2, -0.15) is 0 Å². The molecular formula is C16H38N4O10. The molecule has 0 aliphatic carbocycles. The third kappa shape index (κ3) is 27.9. The Hall–Kier alpha value is -2.29. The first-order valence-electron chi connectivity index (χ1n) is 9.10. The lowest BCUT2D eigenvalue weighted by molar-refractivity contribution is -0.572. The van der Waals surface area contributed by atoms with Crippen LogP contribution in [0, 0.1) is 30.3 Å². The largest absolute Gasteiger partial charge is 0.389 e. The number of nitro groups is 3. The van der Waals surface area contributed by atoms with Crippen LogP contribution in [0.15, 0.2) is 0 Å². The molecule has 0 saturated heterocycles. The molecule has 0 aromatic carbocycles. The fourth-order valence-electron chi connectivity index (χ4n) is 0.903. The molecule has 0 aromatic rings. The van der Waals surface area contributed by atoms with Gasteiger partial charge in [0.1, 0.15) is 26.6 Å². The van der Waals surface area contributed by atoms with Gasteiger partial charge in [0.25, 0.3) is 5.54 Å². The summed E-state index contributed by atoms with van der Waals surface area (Å²) in [5.74, 6) is 0. The molecular weight excluding hydrogens is 408 g/mol. The Morgan fingerprint density at radius 2 is 1.20 bits per heavy atom. The maximum Gasteiger partial charge on any atom is 0.264 e. The summed E-state index contributed by atoms with van der Waals surface area (Å²) >= 11 is 0. The van der Waals surface area contributed by atoms with Crippen LogP contribution in [-0.2, 0) is 4.79 Å². The van der Waals surface area contributed by atoms with Crippen molar-refractivity contribution in [2.45, 2.75) is 53.1 Å². The highest BCUT2D eigenvalue weighted by molar-refractivity contribution is 5.10.